The van der Waals surface area contributed by atoms with E-state index in [9.17, 15) is 4.79 Å². The molecule has 2 heterocycles. The smallest absolute Gasteiger partial charge is 0.394 e. The summed E-state index contributed by atoms with van der Waals surface area (Å²) in [6, 6.07) is 10.9. The molecule has 2 aliphatic rings. The Kier molecular flexibility index (Phi) is 7.75. The highest BCUT2D eigenvalue weighted by atomic mass is 32.3. The summed E-state index contributed by atoms with van der Waals surface area (Å²) in [5.41, 5.74) is 0.963. The molecule has 0 saturated carbocycles. The Hall–Kier alpha value is -1.52. The van der Waals surface area contributed by atoms with E-state index in [1.54, 1.807) is 7.11 Å². The van der Waals surface area contributed by atoms with Gasteiger partial charge in [-0.05, 0) is 38.3 Å². The van der Waals surface area contributed by atoms with E-state index in [4.69, 9.17) is 27.0 Å². The fraction of sp³-hybridized carbons (Fsp3) is 0.611. The number of fused-ring (bicyclic) bond motifs is 2. The summed E-state index contributed by atoms with van der Waals surface area (Å²) in [6.45, 7) is 0.363. The van der Waals surface area contributed by atoms with Crippen LogP contribution in [-0.4, -0.2) is 67.3 Å². The number of carbonyl (C=O) groups is 1. The fourth-order valence-electron chi connectivity index (χ4n) is 3.86. The van der Waals surface area contributed by atoms with E-state index in [2.05, 4.69) is 11.9 Å². The number of hydrogen-bond acceptors (Lipinski definition) is 6. The number of benzene rings is 1. The first-order valence-electron chi connectivity index (χ1n) is 8.85. The number of methoxy groups -OCH3 is 1. The maximum absolute atomic E-state index is 12.6. The van der Waals surface area contributed by atoms with E-state index < -0.39 is 10.4 Å². The third kappa shape index (κ3) is 6.86. The first-order valence-corrected chi connectivity index (χ1v) is 10.2. The Morgan fingerprint density at radius 1 is 1.19 bits per heavy atom. The lowest BCUT2D eigenvalue weighted by atomic mass is 9.98. The number of ether oxygens (including phenoxy) is 2. The van der Waals surface area contributed by atoms with Crippen molar-refractivity contribution in [3.63, 3.8) is 0 Å². The van der Waals surface area contributed by atoms with Crippen LogP contribution in [0, 0.1) is 0 Å². The Bertz CT molecular complexity index is 688. The molecule has 27 heavy (non-hydrogen) atoms. The van der Waals surface area contributed by atoms with Crippen LogP contribution < -0.4 is 0 Å². The maximum atomic E-state index is 12.6. The summed E-state index contributed by atoms with van der Waals surface area (Å²) < 4.78 is 42.7. The lowest BCUT2D eigenvalue weighted by Gasteiger charge is -2.36. The Balaban J connectivity index is 0.000000465. The second kappa shape index (κ2) is 9.61. The standard InChI is InChI=1S/C18H25NO3.H2O4S/c1-19-14-8-9-15(19)11-16(10-14)22-18(20)17(12-21-2)13-6-4-3-5-7-13;1-5(2,3)4/h3-7,14-17H,8-12H2,1-2H3;(H2,1,2,3,4)/t14-,15+,16+,17?;. The van der Waals surface area contributed by atoms with Crippen LogP contribution in [-0.2, 0) is 24.7 Å². The van der Waals surface area contributed by atoms with Crippen molar-refractivity contribution in [3.05, 3.63) is 35.9 Å². The van der Waals surface area contributed by atoms with Gasteiger partial charge in [-0.3, -0.25) is 13.9 Å². The van der Waals surface area contributed by atoms with E-state index in [0.29, 0.717) is 18.7 Å². The van der Waals surface area contributed by atoms with Crippen LogP contribution in [0.4, 0.5) is 0 Å². The molecule has 2 fully saturated rings. The number of rotatable bonds is 5. The van der Waals surface area contributed by atoms with Gasteiger partial charge in [0.2, 0.25) is 0 Å². The van der Waals surface area contributed by atoms with Crippen molar-refractivity contribution in [1.29, 1.82) is 0 Å². The van der Waals surface area contributed by atoms with Crippen molar-refractivity contribution in [2.24, 2.45) is 0 Å². The fourth-order valence-corrected chi connectivity index (χ4v) is 3.86. The van der Waals surface area contributed by atoms with Gasteiger partial charge in [-0.1, -0.05) is 30.3 Å². The summed E-state index contributed by atoms with van der Waals surface area (Å²) in [7, 11) is -0.850. The SMILES string of the molecule is COCC(C(=O)O[C@H]1C[C@H]2CC[C@@H](C1)N2C)c1ccccc1.O=S(=O)(O)O. The highest BCUT2D eigenvalue weighted by Crippen LogP contribution is 2.36. The van der Waals surface area contributed by atoms with E-state index >= 15 is 0 Å². The molecule has 1 aromatic rings. The normalized spacial score (nSPS) is 26.0. The Morgan fingerprint density at radius 3 is 2.19 bits per heavy atom. The molecule has 2 bridgehead atoms. The molecule has 152 valence electrons. The lowest BCUT2D eigenvalue weighted by molar-refractivity contribution is -0.155. The molecule has 2 aliphatic heterocycles. The maximum Gasteiger partial charge on any atom is 0.394 e. The first-order chi connectivity index (χ1) is 12.7. The minimum atomic E-state index is -4.67. The van der Waals surface area contributed by atoms with E-state index in [0.717, 1.165) is 18.4 Å². The molecule has 1 unspecified atom stereocenters. The zero-order chi connectivity index (χ0) is 20.0. The Morgan fingerprint density at radius 2 is 1.70 bits per heavy atom. The van der Waals surface area contributed by atoms with Crippen molar-refractivity contribution in [2.45, 2.75) is 49.8 Å². The van der Waals surface area contributed by atoms with Gasteiger partial charge in [-0.15, -0.1) is 0 Å². The molecule has 0 radical (unpaired) electrons. The van der Waals surface area contributed by atoms with Crippen molar-refractivity contribution in [1.82, 2.24) is 4.90 Å². The number of hydrogen-bond donors (Lipinski definition) is 2. The van der Waals surface area contributed by atoms with Crippen LogP contribution in [0.1, 0.15) is 37.2 Å². The van der Waals surface area contributed by atoms with Gasteiger partial charge in [0.1, 0.15) is 12.0 Å². The summed E-state index contributed by atoms with van der Waals surface area (Å²) >= 11 is 0. The van der Waals surface area contributed by atoms with Gasteiger partial charge in [0.05, 0.1) is 6.61 Å². The molecule has 0 aliphatic carbocycles. The van der Waals surface area contributed by atoms with Gasteiger partial charge in [0.15, 0.2) is 0 Å². The highest BCUT2D eigenvalue weighted by Gasteiger charge is 2.40. The van der Waals surface area contributed by atoms with Crippen molar-refractivity contribution >= 4 is 16.4 Å². The van der Waals surface area contributed by atoms with Crippen LogP contribution >= 0.6 is 0 Å². The molecule has 2 saturated heterocycles. The van der Waals surface area contributed by atoms with Crippen LogP contribution in [0.2, 0.25) is 0 Å². The summed E-state index contributed by atoms with van der Waals surface area (Å²) in [5.74, 6) is -0.481. The zero-order valence-electron chi connectivity index (χ0n) is 15.5. The molecule has 9 heteroatoms. The van der Waals surface area contributed by atoms with Crippen LogP contribution in [0.3, 0.4) is 0 Å². The predicted molar refractivity (Wildman–Crippen MR) is 98.9 cm³/mol. The Labute approximate surface area is 160 Å². The quantitative estimate of drug-likeness (QED) is 0.568. The molecule has 1 aromatic carbocycles. The summed E-state index contributed by atoms with van der Waals surface area (Å²) in [5, 5.41) is 0. The number of nitrogens with zero attached hydrogens (tertiary/aromatic N) is 1. The van der Waals surface area contributed by atoms with Crippen molar-refractivity contribution in [3.8, 4) is 0 Å². The number of piperidine rings is 1. The molecular weight excluding hydrogens is 374 g/mol. The van der Waals surface area contributed by atoms with Gasteiger partial charge < -0.3 is 14.4 Å². The van der Waals surface area contributed by atoms with Crippen molar-refractivity contribution < 1.29 is 31.8 Å². The van der Waals surface area contributed by atoms with Crippen LogP contribution in [0.15, 0.2) is 30.3 Å². The van der Waals surface area contributed by atoms with Crippen LogP contribution in [0.5, 0.6) is 0 Å². The number of carbonyl (C=O) groups excluding carboxylic acids is 1. The van der Waals surface area contributed by atoms with E-state index in [1.807, 2.05) is 30.3 Å². The average Bonchev–Trinajstić information content (AvgIpc) is 2.81. The minimum Gasteiger partial charge on any atom is -0.462 e. The molecule has 2 N–H and O–H groups in total. The van der Waals surface area contributed by atoms with Crippen molar-refractivity contribution in [2.75, 3.05) is 20.8 Å². The largest absolute Gasteiger partial charge is 0.462 e. The highest BCUT2D eigenvalue weighted by molar-refractivity contribution is 7.79. The second-order valence-electron chi connectivity index (χ2n) is 6.95. The van der Waals surface area contributed by atoms with Gasteiger partial charge in [-0.25, -0.2) is 0 Å². The topological polar surface area (TPSA) is 113 Å². The molecule has 4 atom stereocenters. The summed E-state index contributed by atoms with van der Waals surface area (Å²) in [6.07, 6.45) is 4.45. The zero-order valence-corrected chi connectivity index (χ0v) is 16.3. The molecule has 0 spiro atoms. The van der Waals surface area contributed by atoms with Gasteiger partial charge in [0, 0.05) is 19.2 Å². The van der Waals surface area contributed by atoms with Gasteiger partial charge >= 0.3 is 16.4 Å². The predicted octanol–water partition coefficient (Wildman–Crippen LogP) is 1.93. The number of esters is 1. The molecule has 0 amide bonds. The first kappa shape index (κ1) is 21.8. The molecule has 3 rings (SSSR count). The molecule has 8 nitrogen and oxygen atoms in total. The van der Waals surface area contributed by atoms with Gasteiger partial charge in [0.25, 0.3) is 0 Å². The molecule has 0 aromatic heterocycles. The average molecular weight is 401 g/mol. The second-order valence-corrected chi connectivity index (χ2v) is 7.84. The van der Waals surface area contributed by atoms with Crippen LogP contribution in [0.25, 0.3) is 0 Å². The van der Waals surface area contributed by atoms with Gasteiger partial charge in [-0.2, -0.15) is 8.42 Å². The third-order valence-electron chi connectivity index (χ3n) is 5.16. The van der Waals surface area contributed by atoms with E-state index in [1.165, 1.54) is 12.8 Å². The lowest BCUT2D eigenvalue weighted by Crippen LogP contribution is -2.43. The monoisotopic (exact) mass is 401 g/mol. The minimum absolute atomic E-state index is 0.0595. The summed E-state index contributed by atoms with van der Waals surface area (Å²) in [4.78, 5) is 15.1. The third-order valence-corrected chi connectivity index (χ3v) is 5.16. The van der Waals surface area contributed by atoms with E-state index in [-0.39, 0.29) is 18.0 Å². The molecular formula is C18H27NO7S.